The maximum absolute atomic E-state index is 12.7. The normalized spacial score (nSPS) is 11.5. The van der Waals surface area contributed by atoms with Gasteiger partial charge in [-0.1, -0.05) is 88.6 Å². The van der Waals surface area contributed by atoms with Crippen molar-refractivity contribution in [3.63, 3.8) is 0 Å². The summed E-state index contributed by atoms with van der Waals surface area (Å²) in [4.78, 5) is 25.2. The summed E-state index contributed by atoms with van der Waals surface area (Å²) in [5.74, 6) is 0.464. The first-order valence-electron chi connectivity index (χ1n) is 16.5. The Morgan fingerprint density at radius 1 is 0.659 bits per heavy atom. The summed E-state index contributed by atoms with van der Waals surface area (Å²) in [7, 11) is 0. The van der Waals surface area contributed by atoms with Gasteiger partial charge in [0.25, 0.3) is 0 Å². The standard InChI is InChI=1S/C39H50O5/c1-4-6-8-10-11-12-14-16-30-42-36-26-22-32(23-27-36)33-24-28-37(29-25-33)44-39(41)35-20-18-34(19-21-35)38(40)43-31(3)17-15-13-9-7-5-2/h5,18-29,31H,2,4,6-17,30H2,1,3H3/t31-/m1/s1. The van der Waals surface area contributed by atoms with E-state index in [1.807, 2.05) is 49.4 Å². The predicted octanol–water partition coefficient (Wildman–Crippen LogP) is 10.8. The van der Waals surface area contributed by atoms with Gasteiger partial charge >= 0.3 is 11.9 Å². The molecule has 5 nitrogen and oxygen atoms in total. The van der Waals surface area contributed by atoms with Crippen LogP contribution in [0.25, 0.3) is 11.1 Å². The lowest BCUT2D eigenvalue weighted by Gasteiger charge is -2.13. The molecule has 1 atom stereocenters. The number of benzene rings is 3. The molecule has 44 heavy (non-hydrogen) atoms. The zero-order valence-electron chi connectivity index (χ0n) is 26.7. The third-order valence-corrected chi connectivity index (χ3v) is 7.70. The van der Waals surface area contributed by atoms with Crippen molar-refractivity contribution in [2.75, 3.05) is 6.61 Å². The van der Waals surface area contributed by atoms with E-state index >= 15 is 0 Å². The zero-order valence-corrected chi connectivity index (χ0v) is 26.7. The molecule has 5 heteroatoms. The SMILES string of the molecule is C=CCCCCC[C@@H](C)OC(=O)c1ccc(C(=O)Oc2ccc(-c3ccc(OCCCCCCCCCC)cc3)cc2)cc1. The number of allylic oxidation sites excluding steroid dienone is 1. The van der Waals surface area contributed by atoms with Crippen LogP contribution in [0.5, 0.6) is 11.5 Å². The molecule has 0 unspecified atom stereocenters. The predicted molar refractivity (Wildman–Crippen MR) is 180 cm³/mol. The van der Waals surface area contributed by atoms with E-state index in [2.05, 4.69) is 13.5 Å². The van der Waals surface area contributed by atoms with Gasteiger partial charge < -0.3 is 14.2 Å². The molecule has 0 radical (unpaired) electrons. The lowest BCUT2D eigenvalue weighted by Crippen LogP contribution is -2.15. The van der Waals surface area contributed by atoms with Crippen LogP contribution in [0.1, 0.15) is 118 Å². The van der Waals surface area contributed by atoms with Gasteiger partial charge in [0.15, 0.2) is 0 Å². The summed E-state index contributed by atoms with van der Waals surface area (Å²) in [5.41, 5.74) is 2.86. The third kappa shape index (κ3) is 12.8. The molecule has 236 valence electrons. The van der Waals surface area contributed by atoms with Crippen LogP contribution in [0.3, 0.4) is 0 Å². The summed E-state index contributed by atoms with van der Waals surface area (Å²) >= 11 is 0. The molecule has 0 aromatic heterocycles. The lowest BCUT2D eigenvalue weighted by molar-refractivity contribution is 0.0319. The Kier molecular flexibility index (Phi) is 15.9. The van der Waals surface area contributed by atoms with Crippen molar-refractivity contribution in [1.29, 1.82) is 0 Å². The number of unbranched alkanes of at least 4 members (excludes halogenated alkanes) is 10. The van der Waals surface area contributed by atoms with Crippen LogP contribution in [0.4, 0.5) is 0 Å². The fraction of sp³-hybridized carbons (Fsp3) is 0.436. The number of ether oxygens (including phenoxy) is 3. The second-order valence-electron chi connectivity index (χ2n) is 11.5. The van der Waals surface area contributed by atoms with Crippen molar-refractivity contribution in [2.24, 2.45) is 0 Å². The highest BCUT2D eigenvalue weighted by atomic mass is 16.5. The monoisotopic (exact) mass is 598 g/mol. The first-order chi connectivity index (χ1) is 21.5. The largest absolute Gasteiger partial charge is 0.494 e. The zero-order chi connectivity index (χ0) is 31.4. The second-order valence-corrected chi connectivity index (χ2v) is 11.5. The van der Waals surface area contributed by atoms with Crippen LogP contribution in [-0.4, -0.2) is 24.6 Å². The molecule has 0 aliphatic heterocycles. The van der Waals surface area contributed by atoms with Gasteiger partial charge in [-0.15, -0.1) is 6.58 Å². The van der Waals surface area contributed by atoms with Crippen molar-refractivity contribution >= 4 is 11.9 Å². The van der Waals surface area contributed by atoms with E-state index in [9.17, 15) is 9.59 Å². The molecule has 0 spiro atoms. The Bertz CT molecular complexity index is 1250. The molecule has 3 rings (SSSR count). The van der Waals surface area contributed by atoms with E-state index in [4.69, 9.17) is 14.2 Å². The van der Waals surface area contributed by atoms with Crippen molar-refractivity contribution in [3.05, 3.63) is 96.6 Å². The number of hydrogen-bond acceptors (Lipinski definition) is 5. The fourth-order valence-electron chi connectivity index (χ4n) is 5.00. The van der Waals surface area contributed by atoms with Crippen molar-refractivity contribution < 1.29 is 23.8 Å². The molecule has 0 aliphatic carbocycles. The Labute approximate surface area is 264 Å². The molecule has 0 fully saturated rings. The van der Waals surface area contributed by atoms with Gasteiger partial charge in [-0.2, -0.15) is 0 Å². The highest BCUT2D eigenvalue weighted by molar-refractivity contribution is 5.94. The van der Waals surface area contributed by atoms with E-state index in [1.165, 1.54) is 44.9 Å². The van der Waals surface area contributed by atoms with Gasteiger partial charge in [0, 0.05) is 0 Å². The first-order valence-corrected chi connectivity index (χ1v) is 16.5. The van der Waals surface area contributed by atoms with Gasteiger partial charge in [-0.25, -0.2) is 9.59 Å². The number of rotatable bonds is 21. The van der Waals surface area contributed by atoms with Crippen LogP contribution in [0, 0.1) is 0 Å². The molecular weight excluding hydrogens is 548 g/mol. The Morgan fingerprint density at radius 2 is 1.18 bits per heavy atom. The van der Waals surface area contributed by atoms with E-state index in [-0.39, 0.29) is 12.1 Å². The van der Waals surface area contributed by atoms with Gasteiger partial charge in [0.2, 0.25) is 0 Å². The molecule has 0 aliphatic rings. The number of carbonyl (C=O) groups is 2. The minimum Gasteiger partial charge on any atom is -0.494 e. The van der Waals surface area contributed by atoms with Crippen LogP contribution in [0.2, 0.25) is 0 Å². The molecular formula is C39H50O5. The molecule has 0 heterocycles. The quantitative estimate of drug-likeness (QED) is 0.0528. The molecule has 0 saturated heterocycles. The molecule has 0 saturated carbocycles. The van der Waals surface area contributed by atoms with E-state index in [0.29, 0.717) is 16.9 Å². The average Bonchev–Trinajstić information content (AvgIpc) is 3.04. The number of esters is 2. The Balaban J connectivity index is 1.39. The summed E-state index contributed by atoms with van der Waals surface area (Å²) in [6.07, 6.45) is 17.1. The van der Waals surface area contributed by atoms with Gasteiger partial charge in [0.05, 0.1) is 23.8 Å². The van der Waals surface area contributed by atoms with Crippen molar-refractivity contribution in [3.8, 4) is 22.6 Å². The topological polar surface area (TPSA) is 61.8 Å². The number of hydrogen-bond donors (Lipinski definition) is 0. The average molecular weight is 599 g/mol. The molecule has 0 N–H and O–H groups in total. The third-order valence-electron chi connectivity index (χ3n) is 7.70. The van der Waals surface area contributed by atoms with Gasteiger partial charge in [-0.05, 0) is 98.7 Å². The fourth-order valence-corrected chi connectivity index (χ4v) is 5.00. The minimum atomic E-state index is -0.483. The summed E-state index contributed by atoms with van der Waals surface area (Å²) < 4.78 is 17.0. The first kappa shape index (κ1) is 34.6. The maximum atomic E-state index is 12.7. The number of carbonyl (C=O) groups excluding carboxylic acids is 2. The van der Waals surface area contributed by atoms with Gasteiger partial charge in [-0.3, -0.25) is 0 Å². The van der Waals surface area contributed by atoms with Crippen molar-refractivity contribution in [2.45, 2.75) is 103 Å². The maximum Gasteiger partial charge on any atom is 0.343 e. The van der Waals surface area contributed by atoms with Crippen molar-refractivity contribution in [1.82, 2.24) is 0 Å². The highest BCUT2D eigenvalue weighted by Crippen LogP contribution is 2.25. The van der Waals surface area contributed by atoms with E-state index < -0.39 is 5.97 Å². The van der Waals surface area contributed by atoms with E-state index in [0.717, 1.165) is 62.0 Å². The van der Waals surface area contributed by atoms with Crippen LogP contribution in [-0.2, 0) is 4.74 Å². The second kappa shape index (κ2) is 20.2. The Morgan fingerprint density at radius 3 is 1.77 bits per heavy atom. The summed E-state index contributed by atoms with van der Waals surface area (Å²) in [5, 5.41) is 0. The van der Waals surface area contributed by atoms with Gasteiger partial charge in [0.1, 0.15) is 11.5 Å². The van der Waals surface area contributed by atoms with E-state index in [1.54, 1.807) is 36.4 Å². The molecule has 0 bridgehead atoms. The highest BCUT2D eigenvalue weighted by Gasteiger charge is 2.14. The Hall–Kier alpha value is -3.86. The summed E-state index contributed by atoms with van der Waals surface area (Å²) in [6, 6.07) is 21.9. The van der Waals surface area contributed by atoms with Crippen LogP contribution >= 0.6 is 0 Å². The minimum absolute atomic E-state index is 0.158. The summed E-state index contributed by atoms with van der Waals surface area (Å²) in [6.45, 7) is 8.64. The molecule has 3 aromatic rings. The molecule has 0 amide bonds. The van der Waals surface area contributed by atoms with Crippen LogP contribution in [0.15, 0.2) is 85.5 Å². The smallest absolute Gasteiger partial charge is 0.343 e. The lowest BCUT2D eigenvalue weighted by atomic mass is 10.1. The van der Waals surface area contributed by atoms with Crippen LogP contribution < -0.4 is 9.47 Å². The molecule has 3 aromatic carbocycles.